The fourth-order valence-electron chi connectivity index (χ4n) is 1.51. The van der Waals surface area contributed by atoms with Crippen LogP contribution >= 0.6 is 0 Å². The van der Waals surface area contributed by atoms with E-state index in [2.05, 4.69) is 5.32 Å². The lowest BCUT2D eigenvalue weighted by molar-refractivity contribution is -0.137. The number of nitrogens with one attached hydrogen (secondary N) is 1. The van der Waals surface area contributed by atoms with Crippen molar-refractivity contribution in [2.75, 3.05) is 51.4 Å². The molecule has 0 spiro atoms. The maximum absolute atomic E-state index is 12.5. The number of rotatable bonds is 7. The molecule has 0 fully saturated rings. The van der Waals surface area contributed by atoms with Gasteiger partial charge in [-0.25, -0.2) is 0 Å². The van der Waals surface area contributed by atoms with Gasteiger partial charge in [-0.15, -0.1) is 0 Å². The maximum Gasteiger partial charge on any atom is 0.416 e. The molecule has 7 heteroatoms. The lowest BCUT2D eigenvalue weighted by Crippen LogP contribution is -2.20. The molecular formula is C13H20F3N3O. The summed E-state index contributed by atoms with van der Waals surface area (Å²) in [6.07, 6.45) is -4.37. The fraction of sp³-hybridized carbons (Fsp3) is 0.538. The van der Waals surface area contributed by atoms with Crippen LogP contribution in [0.5, 0.6) is 0 Å². The second-order valence-electron chi connectivity index (χ2n) is 4.64. The van der Waals surface area contributed by atoms with Gasteiger partial charge in [0.1, 0.15) is 0 Å². The van der Waals surface area contributed by atoms with Crippen molar-refractivity contribution in [2.45, 2.75) is 6.18 Å². The van der Waals surface area contributed by atoms with E-state index in [1.807, 2.05) is 19.0 Å². The first-order valence-corrected chi connectivity index (χ1v) is 6.24. The summed E-state index contributed by atoms with van der Waals surface area (Å²) in [5, 5.41) is 2.95. The fourth-order valence-corrected chi connectivity index (χ4v) is 1.51. The quantitative estimate of drug-likeness (QED) is 0.598. The van der Waals surface area contributed by atoms with Gasteiger partial charge in [-0.3, -0.25) is 0 Å². The Morgan fingerprint density at radius 1 is 1.25 bits per heavy atom. The topological polar surface area (TPSA) is 50.5 Å². The van der Waals surface area contributed by atoms with E-state index in [0.29, 0.717) is 25.4 Å². The van der Waals surface area contributed by atoms with Gasteiger partial charge in [-0.1, -0.05) is 0 Å². The van der Waals surface area contributed by atoms with E-state index < -0.39 is 11.7 Å². The number of halogens is 3. The molecule has 4 nitrogen and oxygen atoms in total. The molecule has 0 aliphatic heterocycles. The summed E-state index contributed by atoms with van der Waals surface area (Å²) in [6.45, 7) is 2.39. The average Bonchev–Trinajstić information content (AvgIpc) is 2.33. The highest BCUT2D eigenvalue weighted by molar-refractivity contribution is 5.67. The standard InChI is InChI=1S/C13H20F3N3O/c1-19(2)6-8-20-7-5-18-12-4-3-10(9-11(12)17)13(14,15)16/h3-4,9,18H,5-8,17H2,1-2H3. The van der Waals surface area contributed by atoms with Crippen molar-refractivity contribution >= 4 is 11.4 Å². The number of benzene rings is 1. The Morgan fingerprint density at radius 2 is 1.95 bits per heavy atom. The van der Waals surface area contributed by atoms with E-state index in [0.717, 1.165) is 18.7 Å². The minimum absolute atomic E-state index is 0.0770. The van der Waals surface area contributed by atoms with Crippen LogP contribution in [-0.2, 0) is 10.9 Å². The summed E-state index contributed by atoms with van der Waals surface area (Å²) in [5.41, 5.74) is 5.40. The van der Waals surface area contributed by atoms with Crippen molar-refractivity contribution in [1.82, 2.24) is 4.90 Å². The number of ether oxygens (including phenoxy) is 1. The summed E-state index contributed by atoms with van der Waals surface area (Å²) < 4.78 is 42.7. The summed E-state index contributed by atoms with van der Waals surface area (Å²) in [5.74, 6) is 0. The van der Waals surface area contributed by atoms with E-state index in [-0.39, 0.29) is 5.69 Å². The molecule has 20 heavy (non-hydrogen) atoms. The van der Waals surface area contributed by atoms with Crippen LogP contribution in [0.15, 0.2) is 18.2 Å². The second-order valence-corrected chi connectivity index (χ2v) is 4.64. The monoisotopic (exact) mass is 291 g/mol. The first-order chi connectivity index (χ1) is 9.30. The number of likely N-dealkylation sites (N-methyl/N-ethyl adjacent to an activating group) is 1. The zero-order valence-corrected chi connectivity index (χ0v) is 11.6. The van der Waals surface area contributed by atoms with Crippen LogP contribution in [0, 0.1) is 0 Å². The minimum atomic E-state index is -4.37. The van der Waals surface area contributed by atoms with Crippen molar-refractivity contribution in [1.29, 1.82) is 0 Å². The zero-order valence-electron chi connectivity index (χ0n) is 11.6. The molecule has 1 aromatic carbocycles. The molecule has 3 N–H and O–H groups in total. The maximum atomic E-state index is 12.5. The highest BCUT2D eigenvalue weighted by Gasteiger charge is 2.30. The van der Waals surface area contributed by atoms with Gasteiger partial charge in [0, 0.05) is 13.1 Å². The molecule has 0 radical (unpaired) electrons. The van der Waals surface area contributed by atoms with Crippen LogP contribution in [0.1, 0.15) is 5.56 Å². The van der Waals surface area contributed by atoms with E-state index in [9.17, 15) is 13.2 Å². The van der Waals surface area contributed by atoms with Gasteiger partial charge in [-0.2, -0.15) is 13.2 Å². The van der Waals surface area contributed by atoms with Crippen LogP contribution in [-0.4, -0.2) is 45.3 Å². The highest BCUT2D eigenvalue weighted by Crippen LogP contribution is 2.32. The number of alkyl halides is 3. The van der Waals surface area contributed by atoms with Gasteiger partial charge in [0.15, 0.2) is 0 Å². The SMILES string of the molecule is CN(C)CCOCCNc1ccc(C(F)(F)F)cc1N. The Labute approximate surface area is 116 Å². The van der Waals surface area contributed by atoms with Gasteiger partial charge in [0.05, 0.1) is 30.2 Å². The number of hydrogen-bond donors (Lipinski definition) is 2. The number of hydrogen-bond acceptors (Lipinski definition) is 4. The molecule has 0 bridgehead atoms. The van der Waals surface area contributed by atoms with Crippen molar-refractivity contribution in [3.63, 3.8) is 0 Å². The Morgan fingerprint density at radius 3 is 2.50 bits per heavy atom. The van der Waals surface area contributed by atoms with Crippen LogP contribution in [0.4, 0.5) is 24.5 Å². The van der Waals surface area contributed by atoms with Crippen LogP contribution < -0.4 is 11.1 Å². The summed E-state index contributed by atoms with van der Waals surface area (Å²) >= 11 is 0. The molecule has 0 saturated carbocycles. The zero-order chi connectivity index (χ0) is 15.2. The van der Waals surface area contributed by atoms with E-state index >= 15 is 0 Å². The molecule has 0 heterocycles. The van der Waals surface area contributed by atoms with Gasteiger partial charge in [-0.05, 0) is 32.3 Å². The van der Waals surface area contributed by atoms with Gasteiger partial charge in [0.2, 0.25) is 0 Å². The van der Waals surface area contributed by atoms with Gasteiger partial charge >= 0.3 is 6.18 Å². The van der Waals surface area contributed by atoms with Gasteiger partial charge < -0.3 is 20.7 Å². The molecule has 0 atom stereocenters. The molecule has 1 rings (SSSR count). The third-order valence-electron chi connectivity index (χ3n) is 2.62. The first kappa shape index (κ1) is 16.6. The van der Waals surface area contributed by atoms with Gasteiger partial charge in [0.25, 0.3) is 0 Å². The largest absolute Gasteiger partial charge is 0.416 e. The molecule has 0 amide bonds. The molecule has 0 aliphatic carbocycles. The molecular weight excluding hydrogens is 271 g/mol. The van der Waals surface area contributed by atoms with Crippen molar-refractivity contribution in [3.8, 4) is 0 Å². The highest BCUT2D eigenvalue weighted by atomic mass is 19.4. The molecule has 0 unspecified atom stereocenters. The summed E-state index contributed by atoms with van der Waals surface area (Å²) in [7, 11) is 3.90. The van der Waals surface area contributed by atoms with Crippen molar-refractivity contribution in [3.05, 3.63) is 23.8 Å². The normalized spacial score (nSPS) is 11.9. The lowest BCUT2D eigenvalue weighted by Gasteiger charge is -2.13. The molecule has 114 valence electrons. The van der Waals surface area contributed by atoms with Crippen molar-refractivity contribution < 1.29 is 17.9 Å². The Hall–Kier alpha value is -1.47. The average molecular weight is 291 g/mol. The number of nitrogens with two attached hydrogens (primary N) is 1. The number of nitrogen functional groups attached to an aromatic ring is 1. The van der Waals surface area contributed by atoms with E-state index in [4.69, 9.17) is 10.5 Å². The molecule has 0 saturated heterocycles. The molecule has 1 aromatic rings. The first-order valence-electron chi connectivity index (χ1n) is 6.24. The van der Waals surface area contributed by atoms with E-state index in [1.54, 1.807) is 0 Å². The molecule has 0 aromatic heterocycles. The predicted octanol–water partition coefficient (Wildman–Crippen LogP) is 2.28. The second kappa shape index (κ2) is 7.35. The molecule has 0 aliphatic rings. The van der Waals surface area contributed by atoms with Crippen LogP contribution in [0.3, 0.4) is 0 Å². The third kappa shape index (κ3) is 5.66. The van der Waals surface area contributed by atoms with Crippen molar-refractivity contribution in [2.24, 2.45) is 0 Å². The van der Waals surface area contributed by atoms with E-state index in [1.165, 1.54) is 6.07 Å². The third-order valence-corrected chi connectivity index (χ3v) is 2.62. The summed E-state index contributed by atoms with van der Waals surface area (Å²) in [4.78, 5) is 2.00. The van der Waals surface area contributed by atoms with Crippen LogP contribution in [0.25, 0.3) is 0 Å². The lowest BCUT2D eigenvalue weighted by atomic mass is 10.1. The number of anilines is 2. The van der Waals surface area contributed by atoms with Crippen LogP contribution in [0.2, 0.25) is 0 Å². The Kier molecular flexibility index (Phi) is 6.09. The predicted molar refractivity (Wildman–Crippen MR) is 73.7 cm³/mol. The minimum Gasteiger partial charge on any atom is -0.397 e. The number of nitrogens with zero attached hydrogens (tertiary/aromatic N) is 1. The Bertz CT molecular complexity index is 422. The smallest absolute Gasteiger partial charge is 0.397 e. The summed E-state index contributed by atoms with van der Waals surface area (Å²) in [6, 6.07) is 3.26. The Balaban J connectivity index is 2.38.